The molecule has 0 aliphatic rings. The van der Waals surface area contributed by atoms with Crippen LogP contribution in [0.4, 0.5) is 0 Å². The molecule has 0 aliphatic heterocycles. The fourth-order valence-corrected chi connectivity index (χ4v) is 1.32. The molecule has 5 nitrogen and oxygen atoms in total. The van der Waals surface area contributed by atoms with Crippen LogP contribution in [0.25, 0.3) is 11.4 Å². The van der Waals surface area contributed by atoms with Gasteiger partial charge in [0.2, 0.25) is 5.82 Å². The number of aromatic nitrogens is 4. The fraction of sp³-hybridized carbons (Fsp3) is 0.333. The Hall–Kier alpha value is -2.04. The van der Waals surface area contributed by atoms with E-state index in [1.54, 1.807) is 6.92 Å². The van der Waals surface area contributed by atoms with E-state index in [2.05, 4.69) is 27.3 Å². The molecule has 1 aromatic carbocycles. The predicted octanol–water partition coefficient (Wildman–Crippen LogP) is 2.03. The molecule has 1 aromatic heterocycles. The van der Waals surface area contributed by atoms with E-state index in [9.17, 15) is 0 Å². The Balaban J connectivity index is 2.14. The van der Waals surface area contributed by atoms with Gasteiger partial charge >= 0.3 is 0 Å². The lowest BCUT2D eigenvalue weighted by atomic mass is 10.2. The van der Waals surface area contributed by atoms with Crippen molar-refractivity contribution in [1.82, 2.24) is 20.4 Å². The first kappa shape index (κ1) is 11.4. The van der Waals surface area contributed by atoms with Gasteiger partial charge in [0.05, 0.1) is 6.61 Å². The molecule has 2 aromatic rings. The van der Waals surface area contributed by atoms with E-state index in [1.165, 1.54) is 0 Å². The van der Waals surface area contributed by atoms with Crippen LogP contribution in [0.15, 0.2) is 24.3 Å². The molecule has 0 fully saturated rings. The average Bonchev–Trinajstić information content (AvgIpc) is 2.38. The zero-order chi connectivity index (χ0) is 12.1. The molecule has 88 valence electrons. The summed E-state index contributed by atoms with van der Waals surface area (Å²) in [7, 11) is 0. The zero-order valence-electron chi connectivity index (χ0n) is 9.92. The Bertz CT molecular complexity index is 467. The Kier molecular flexibility index (Phi) is 3.59. The Morgan fingerprint density at radius 1 is 1.00 bits per heavy atom. The molecule has 1 heterocycles. The summed E-state index contributed by atoms with van der Waals surface area (Å²) >= 11 is 0. The molecule has 0 saturated carbocycles. The molecule has 0 aliphatic carbocycles. The van der Waals surface area contributed by atoms with E-state index in [-0.39, 0.29) is 0 Å². The van der Waals surface area contributed by atoms with Gasteiger partial charge in [0.1, 0.15) is 5.75 Å². The Labute approximate surface area is 99.9 Å². The summed E-state index contributed by atoms with van der Waals surface area (Å²) in [6.07, 6.45) is 0.997. The van der Waals surface area contributed by atoms with Crippen LogP contribution in [0.1, 0.15) is 19.2 Å². The number of hydrogen-bond acceptors (Lipinski definition) is 5. The minimum atomic E-state index is 0.526. The van der Waals surface area contributed by atoms with Gasteiger partial charge in [-0.1, -0.05) is 6.92 Å². The number of aryl methyl sites for hydroxylation is 1. The van der Waals surface area contributed by atoms with Gasteiger partial charge in [-0.2, -0.15) is 0 Å². The minimum absolute atomic E-state index is 0.526. The first-order chi connectivity index (χ1) is 8.29. The van der Waals surface area contributed by atoms with E-state index < -0.39 is 0 Å². The molecule has 0 atom stereocenters. The second-order valence-corrected chi connectivity index (χ2v) is 3.64. The van der Waals surface area contributed by atoms with Gasteiger partial charge in [-0.15, -0.1) is 20.4 Å². The molecule has 0 saturated heterocycles. The minimum Gasteiger partial charge on any atom is -0.494 e. The third kappa shape index (κ3) is 2.96. The van der Waals surface area contributed by atoms with Crippen molar-refractivity contribution in [3.8, 4) is 17.1 Å². The summed E-state index contributed by atoms with van der Waals surface area (Å²) in [6.45, 7) is 4.56. The van der Waals surface area contributed by atoms with Gasteiger partial charge < -0.3 is 4.74 Å². The summed E-state index contributed by atoms with van der Waals surface area (Å²) in [5, 5.41) is 15.7. The highest BCUT2D eigenvalue weighted by Gasteiger charge is 2.02. The van der Waals surface area contributed by atoms with Crippen LogP contribution < -0.4 is 4.74 Å². The van der Waals surface area contributed by atoms with Crippen LogP contribution in [-0.4, -0.2) is 27.0 Å². The SMILES string of the molecule is CCCOc1ccc(-c2nnc(C)nn2)cc1. The van der Waals surface area contributed by atoms with Crippen LogP contribution in [0.3, 0.4) is 0 Å². The van der Waals surface area contributed by atoms with Crippen molar-refractivity contribution in [1.29, 1.82) is 0 Å². The predicted molar refractivity (Wildman–Crippen MR) is 63.6 cm³/mol. The van der Waals surface area contributed by atoms with Crippen molar-refractivity contribution in [3.05, 3.63) is 30.1 Å². The van der Waals surface area contributed by atoms with E-state index in [0.29, 0.717) is 11.6 Å². The van der Waals surface area contributed by atoms with Crippen LogP contribution in [0.5, 0.6) is 5.75 Å². The summed E-state index contributed by atoms with van der Waals surface area (Å²) in [4.78, 5) is 0. The smallest absolute Gasteiger partial charge is 0.203 e. The summed E-state index contributed by atoms with van der Waals surface area (Å²) in [5.41, 5.74) is 0.883. The van der Waals surface area contributed by atoms with Crippen molar-refractivity contribution in [3.63, 3.8) is 0 Å². The van der Waals surface area contributed by atoms with Crippen molar-refractivity contribution in [2.24, 2.45) is 0 Å². The fourth-order valence-electron chi connectivity index (χ4n) is 1.32. The molecule has 0 radical (unpaired) electrons. The average molecular weight is 230 g/mol. The van der Waals surface area contributed by atoms with Gasteiger partial charge in [-0.3, -0.25) is 0 Å². The lowest BCUT2D eigenvalue weighted by Crippen LogP contribution is -1.99. The number of benzene rings is 1. The highest BCUT2D eigenvalue weighted by Crippen LogP contribution is 2.18. The number of nitrogens with zero attached hydrogens (tertiary/aromatic N) is 4. The van der Waals surface area contributed by atoms with Gasteiger partial charge in [-0.25, -0.2) is 0 Å². The third-order valence-corrected chi connectivity index (χ3v) is 2.16. The third-order valence-electron chi connectivity index (χ3n) is 2.16. The van der Waals surface area contributed by atoms with Gasteiger partial charge in [0, 0.05) is 5.56 Å². The molecule has 17 heavy (non-hydrogen) atoms. The second-order valence-electron chi connectivity index (χ2n) is 3.64. The Morgan fingerprint density at radius 3 is 2.24 bits per heavy atom. The van der Waals surface area contributed by atoms with E-state index >= 15 is 0 Å². The molecular formula is C12H14N4O. The van der Waals surface area contributed by atoms with Gasteiger partial charge in [0.15, 0.2) is 5.82 Å². The number of rotatable bonds is 4. The number of hydrogen-bond donors (Lipinski definition) is 0. The number of ether oxygens (including phenoxy) is 1. The highest BCUT2D eigenvalue weighted by molar-refractivity contribution is 5.54. The molecular weight excluding hydrogens is 216 g/mol. The van der Waals surface area contributed by atoms with Crippen LogP contribution >= 0.6 is 0 Å². The van der Waals surface area contributed by atoms with Crippen molar-refractivity contribution in [2.75, 3.05) is 6.61 Å². The zero-order valence-corrected chi connectivity index (χ0v) is 9.92. The standard InChI is InChI=1S/C12H14N4O/c1-3-8-17-11-6-4-10(5-7-11)12-15-13-9(2)14-16-12/h4-7H,3,8H2,1-2H3. The normalized spacial score (nSPS) is 10.2. The Morgan fingerprint density at radius 2 is 1.65 bits per heavy atom. The van der Waals surface area contributed by atoms with Crippen molar-refractivity contribution < 1.29 is 4.74 Å². The monoisotopic (exact) mass is 230 g/mol. The van der Waals surface area contributed by atoms with Crippen LogP contribution in [-0.2, 0) is 0 Å². The topological polar surface area (TPSA) is 60.8 Å². The molecule has 0 spiro atoms. The summed E-state index contributed by atoms with van der Waals surface area (Å²) < 4.78 is 5.49. The van der Waals surface area contributed by atoms with E-state index in [4.69, 9.17) is 4.74 Å². The second kappa shape index (κ2) is 5.34. The summed E-state index contributed by atoms with van der Waals surface area (Å²) in [6, 6.07) is 7.60. The molecule has 2 rings (SSSR count). The molecule has 5 heteroatoms. The largest absolute Gasteiger partial charge is 0.494 e. The maximum absolute atomic E-state index is 5.49. The van der Waals surface area contributed by atoms with E-state index in [1.807, 2.05) is 24.3 Å². The van der Waals surface area contributed by atoms with Crippen LogP contribution in [0, 0.1) is 6.92 Å². The molecule has 0 bridgehead atoms. The lowest BCUT2D eigenvalue weighted by Gasteiger charge is -2.04. The first-order valence-electron chi connectivity index (χ1n) is 5.57. The summed E-state index contributed by atoms with van der Waals surface area (Å²) in [5.74, 6) is 1.94. The highest BCUT2D eigenvalue weighted by atomic mass is 16.5. The molecule has 0 amide bonds. The van der Waals surface area contributed by atoms with Crippen molar-refractivity contribution in [2.45, 2.75) is 20.3 Å². The maximum atomic E-state index is 5.49. The lowest BCUT2D eigenvalue weighted by molar-refractivity contribution is 0.317. The van der Waals surface area contributed by atoms with Crippen LogP contribution in [0.2, 0.25) is 0 Å². The molecule has 0 unspecified atom stereocenters. The first-order valence-corrected chi connectivity index (χ1v) is 5.57. The maximum Gasteiger partial charge on any atom is 0.203 e. The van der Waals surface area contributed by atoms with E-state index in [0.717, 1.165) is 24.3 Å². The van der Waals surface area contributed by atoms with Crippen molar-refractivity contribution >= 4 is 0 Å². The molecule has 0 N–H and O–H groups in total. The van der Waals surface area contributed by atoms with Gasteiger partial charge in [-0.05, 0) is 37.6 Å². The van der Waals surface area contributed by atoms with Gasteiger partial charge in [0.25, 0.3) is 0 Å². The quantitative estimate of drug-likeness (QED) is 0.804.